The van der Waals surface area contributed by atoms with Crippen molar-refractivity contribution in [3.05, 3.63) is 40.3 Å². The first-order valence-electron chi connectivity index (χ1n) is 10.4. The molecule has 1 aromatic carbocycles. The zero-order valence-electron chi connectivity index (χ0n) is 18.5. The quantitative estimate of drug-likeness (QED) is 0.618. The number of hydrogen-bond acceptors (Lipinski definition) is 6. The van der Waals surface area contributed by atoms with Gasteiger partial charge < -0.3 is 14.6 Å². The van der Waals surface area contributed by atoms with E-state index >= 15 is 0 Å². The van der Waals surface area contributed by atoms with Crippen LogP contribution >= 0.6 is 0 Å². The second-order valence-corrected chi connectivity index (χ2v) is 10.9. The molecule has 0 aliphatic carbocycles. The van der Waals surface area contributed by atoms with Crippen molar-refractivity contribution in [3.63, 3.8) is 0 Å². The Kier molecular flexibility index (Phi) is 5.40. The lowest BCUT2D eigenvalue weighted by atomic mass is 9.93. The summed E-state index contributed by atoms with van der Waals surface area (Å²) >= 11 is 0. The van der Waals surface area contributed by atoms with Gasteiger partial charge in [-0.1, -0.05) is 6.07 Å². The van der Waals surface area contributed by atoms with E-state index in [1.165, 1.54) is 6.07 Å². The van der Waals surface area contributed by atoms with E-state index in [-0.39, 0.29) is 17.6 Å². The van der Waals surface area contributed by atoms with Crippen molar-refractivity contribution < 1.29 is 17.9 Å². The molecule has 11 heteroatoms. The molecule has 10 nitrogen and oxygen atoms in total. The topological polar surface area (TPSA) is 126 Å². The second-order valence-electron chi connectivity index (χ2n) is 9.13. The molecule has 0 atom stereocenters. The van der Waals surface area contributed by atoms with Gasteiger partial charge in [-0.05, 0) is 45.7 Å². The van der Waals surface area contributed by atoms with Crippen LogP contribution in [-0.4, -0.2) is 59.0 Å². The number of nitrogens with zero attached hydrogens (tertiary/aromatic N) is 3. The maximum Gasteiger partial charge on any atom is 0.410 e. The fourth-order valence-electron chi connectivity index (χ4n) is 4.05. The van der Waals surface area contributed by atoms with Gasteiger partial charge >= 0.3 is 6.09 Å². The number of nitrogens with one attached hydrogen (secondary N) is 2. The molecule has 0 radical (unpaired) electrons. The van der Waals surface area contributed by atoms with Crippen molar-refractivity contribution in [2.75, 3.05) is 24.1 Å². The van der Waals surface area contributed by atoms with Crippen molar-refractivity contribution in [2.45, 2.75) is 45.1 Å². The minimum absolute atomic E-state index is 0.0131. The van der Waals surface area contributed by atoms with Gasteiger partial charge in [0.05, 0.1) is 28.5 Å². The van der Waals surface area contributed by atoms with Crippen LogP contribution in [0.25, 0.3) is 16.6 Å². The number of likely N-dealkylation sites (tertiary alicyclic amines) is 1. The Balaban J connectivity index is 1.69. The number of anilines is 1. The Labute approximate surface area is 185 Å². The van der Waals surface area contributed by atoms with Crippen LogP contribution in [0.1, 0.15) is 45.2 Å². The third kappa shape index (κ3) is 4.57. The lowest BCUT2D eigenvalue weighted by Gasteiger charge is -2.33. The highest BCUT2D eigenvalue weighted by Gasteiger charge is 2.29. The minimum Gasteiger partial charge on any atom is -0.444 e. The molecular weight excluding hydrogens is 434 g/mol. The van der Waals surface area contributed by atoms with Gasteiger partial charge in [-0.3, -0.25) is 9.52 Å². The molecule has 32 heavy (non-hydrogen) atoms. The molecule has 0 saturated carbocycles. The van der Waals surface area contributed by atoms with Crippen molar-refractivity contribution in [1.29, 1.82) is 0 Å². The number of aromatic nitrogens is 3. The zero-order valence-corrected chi connectivity index (χ0v) is 19.3. The van der Waals surface area contributed by atoms with E-state index in [1.807, 2.05) is 20.8 Å². The average molecular weight is 462 g/mol. The van der Waals surface area contributed by atoms with E-state index in [9.17, 15) is 18.0 Å². The molecule has 1 aliphatic heterocycles. The van der Waals surface area contributed by atoms with Crippen LogP contribution in [-0.2, 0) is 14.8 Å². The van der Waals surface area contributed by atoms with Crippen molar-refractivity contribution >= 4 is 38.4 Å². The Morgan fingerprint density at radius 2 is 1.94 bits per heavy atom. The summed E-state index contributed by atoms with van der Waals surface area (Å²) in [6.45, 7) is 6.52. The summed E-state index contributed by atoms with van der Waals surface area (Å²) < 4.78 is 33.2. The van der Waals surface area contributed by atoms with Crippen LogP contribution in [0.5, 0.6) is 0 Å². The predicted molar refractivity (Wildman–Crippen MR) is 122 cm³/mol. The van der Waals surface area contributed by atoms with E-state index in [1.54, 1.807) is 27.6 Å². The van der Waals surface area contributed by atoms with Crippen LogP contribution in [0.3, 0.4) is 0 Å². The monoisotopic (exact) mass is 461 g/mol. The third-order valence-electron chi connectivity index (χ3n) is 5.32. The lowest BCUT2D eigenvalue weighted by Crippen LogP contribution is -2.41. The third-order valence-corrected chi connectivity index (χ3v) is 5.91. The normalized spacial score (nSPS) is 15.9. The number of sulfonamides is 1. The SMILES string of the molecule is CC(C)(C)OC(=O)N1CCC(c2cc(=O)[nH]c3c4c(NS(C)(=O)=O)cccc4nn23)CC1. The van der Waals surface area contributed by atoms with E-state index < -0.39 is 15.6 Å². The summed E-state index contributed by atoms with van der Waals surface area (Å²) in [6, 6.07) is 6.63. The maximum atomic E-state index is 12.5. The first-order chi connectivity index (χ1) is 14.9. The first kappa shape index (κ1) is 22.1. The van der Waals surface area contributed by atoms with Gasteiger partial charge in [-0.25, -0.2) is 17.7 Å². The van der Waals surface area contributed by atoms with Crippen LogP contribution < -0.4 is 10.3 Å². The summed E-state index contributed by atoms with van der Waals surface area (Å²) in [4.78, 5) is 29.3. The molecule has 3 aromatic rings. The molecular formula is C21H27N5O5S. The van der Waals surface area contributed by atoms with E-state index in [2.05, 4.69) is 14.8 Å². The number of piperidine rings is 1. The summed E-state index contributed by atoms with van der Waals surface area (Å²) in [6.07, 6.45) is 2.04. The molecule has 3 heterocycles. The molecule has 0 bridgehead atoms. The summed E-state index contributed by atoms with van der Waals surface area (Å²) in [5.74, 6) is 0.0131. The van der Waals surface area contributed by atoms with Crippen molar-refractivity contribution in [1.82, 2.24) is 19.5 Å². The van der Waals surface area contributed by atoms with Crippen LogP contribution in [0.4, 0.5) is 10.5 Å². The van der Waals surface area contributed by atoms with Gasteiger partial charge in [0.1, 0.15) is 11.2 Å². The second kappa shape index (κ2) is 7.80. The van der Waals surface area contributed by atoms with Crippen molar-refractivity contribution in [3.8, 4) is 0 Å². The smallest absolute Gasteiger partial charge is 0.410 e. The van der Waals surface area contributed by atoms with Gasteiger partial charge in [0.15, 0.2) is 0 Å². The van der Waals surface area contributed by atoms with Gasteiger partial charge in [0.2, 0.25) is 10.0 Å². The maximum absolute atomic E-state index is 12.5. The van der Waals surface area contributed by atoms with Crippen LogP contribution in [0.15, 0.2) is 29.1 Å². The number of ether oxygens (including phenoxy) is 1. The predicted octanol–water partition coefficient (Wildman–Crippen LogP) is 2.66. The molecule has 1 amide bonds. The largest absolute Gasteiger partial charge is 0.444 e. The molecule has 172 valence electrons. The average Bonchev–Trinajstić information content (AvgIpc) is 3.04. The fraction of sp³-hybridized carbons (Fsp3) is 0.476. The Bertz CT molecular complexity index is 1340. The Morgan fingerprint density at radius 3 is 2.56 bits per heavy atom. The zero-order chi connectivity index (χ0) is 23.3. The van der Waals surface area contributed by atoms with E-state index in [0.717, 1.165) is 11.9 Å². The number of rotatable bonds is 3. The van der Waals surface area contributed by atoms with Gasteiger partial charge in [0.25, 0.3) is 5.56 Å². The molecule has 1 saturated heterocycles. The number of fused-ring (bicyclic) bond motifs is 3. The molecule has 0 spiro atoms. The molecule has 2 aromatic heterocycles. The number of carbonyl (C=O) groups excluding carboxylic acids is 1. The molecule has 1 fully saturated rings. The highest BCUT2D eigenvalue weighted by atomic mass is 32.2. The Hall–Kier alpha value is -3.08. The fourth-order valence-corrected chi connectivity index (χ4v) is 4.62. The standard InChI is InChI=1S/C21H27N5O5S/c1-21(2,3)31-20(28)25-10-8-13(9-11-25)16-12-17(27)22-19-18-14(23-26(16)19)6-5-7-15(18)24-32(4,29)30/h5-7,12-13,24H,8-11H2,1-4H3,(H,22,27). The van der Waals surface area contributed by atoms with Gasteiger partial charge in [-0.2, -0.15) is 5.10 Å². The molecule has 1 aliphatic rings. The minimum atomic E-state index is -3.51. The summed E-state index contributed by atoms with van der Waals surface area (Å²) in [5, 5.41) is 5.16. The number of amides is 1. The van der Waals surface area contributed by atoms with Crippen LogP contribution in [0.2, 0.25) is 0 Å². The molecule has 4 rings (SSSR count). The summed E-state index contributed by atoms with van der Waals surface area (Å²) in [5.41, 5.74) is 1.23. The van der Waals surface area contributed by atoms with E-state index in [4.69, 9.17) is 4.74 Å². The van der Waals surface area contributed by atoms with Gasteiger partial charge in [0, 0.05) is 25.1 Å². The number of aromatic amines is 1. The van der Waals surface area contributed by atoms with Gasteiger partial charge in [-0.15, -0.1) is 0 Å². The number of hydrogen-bond donors (Lipinski definition) is 2. The number of H-pyrrole nitrogens is 1. The molecule has 2 N–H and O–H groups in total. The highest BCUT2D eigenvalue weighted by molar-refractivity contribution is 7.92. The van der Waals surface area contributed by atoms with Crippen LogP contribution in [0, 0.1) is 0 Å². The Morgan fingerprint density at radius 1 is 1.25 bits per heavy atom. The number of carbonyl (C=O) groups is 1. The van der Waals surface area contributed by atoms with Crippen molar-refractivity contribution in [2.24, 2.45) is 0 Å². The highest BCUT2D eigenvalue weighted by Crippen LogP contribution is 2.32. The number of benzene rings is 1. The summed E-state index contributed by atoms with van der Waals surface area (Å²) in [7, 11) is -3.51. The lowest BCUT2D eigenvalue weighted by molar-refractivity contribution is 0.0203. The first-order valence-corrected chi connectivity index (χ1v) is 12.3. The molecule has 0 unspecified atom stereocenters. The van der Waals surface area contributed by atoms with E-state index in [0.29, 0.717) is 48.2 Å².